The first-order chi connectivity index (χ1) is 10.7. The molecule has 0 fully saturated rings. The number of nitrogens with zero attached hydrogens (tertiary/aromatic N) is 2. The molecule has 3 rings (SSSR count). The SMILES string of the molecule is CSc1nc(-c2ccc(C)c3ccccc23)c(C#N)c(=O)[nH]1. The maximum Gasteiger partial charge on any atom is 0.270 e. The third-order valence-corrected chi connectivity index (χ3v) is 4.18. The predicted molar refractivity (Wildman–Crippen MR) is 89.0 cm³/mol. The number of rotatable bonds is 2. The highest BCUT2D eigenvalue weighted by molar-refractivity contribution is 7.98. The molecule has 3 aromatic rings. The van der Waals surface area contributed by atoms with Crippen molar-refractivity contribution in [1.29, 1.82) is 5.26 Å². The predicted octanol–water partition coefficient (Wildman–Crippen LogP) is 3.49. The van der Waals surface area contributed by atoms with Crippen LogP contribution in [0.5, 0.6) is 0 Å². The average molecular weight is 307 g/mol. The van der Waals surface area contributed by atoms with Crippen LogP contribution in [-0.2, 0) is 0 Å². The van der Waals surface area contributed by atoms with E-state index in [1.54, 1.807) is 0 Å². The van der Waals surface area contributed by atoms with E-state index in [9.17, 15) is 10.1 Å². The van der Waals surface area contributed by atoms with E-state index in [4.69, 9.17) is 0 Å². The number of H-pyrrole nitrogens is 1. The molecule has 1 heterocycles. The highest BCUT2D eigenvalue weighted by Crippen LogP contribution is 2.31. The number of nitrogens with one attached hydrogen (secondary N) is 1. The molecule has 0 saturated carbocycles. The van der Waals surface area contributed by atoms with Crippen molar-refractivity contribution in [2.45, 2.75) is 12.1 Å². The molecule has 0 amide bonds. The summed E-state index contributed by atoms with van der Waals surface area (Å²) in [5.41, 5.74) is 2.03. The summed E-state index contributed by atoms with van der Waals surface area (Å²) in [5.74, 6) is 0. The normalized spacial score (nSPS) is 10.6. The maximum atomic E-state index is 12.1. The van der Waals surface area contributed by atoms with Gasteiger partial charge in [0.15, 0.2) is 5.16 Å². The Balaban J connectivity index is 2.43. The van der Waals surface area contributed by atoms with Gasteiger partial charge in [0.25, 0.3) is 5.56 Å². The van der Waals surface area contributed by atoms with Crippen molar-refractivity contribution in [2.24, 2.45) is 0 Å². The minimum absolute atomic E-state index is 0.0480. The van der Waals surface area contributed by atoms with Crippen molar-refractivity contribution < 1.29 is 0 Å². The molecule has 5 heteroatoms. The number of nitriles is 1. The summed E-state index contributed by atoms with van der Waals surface area (Å²) in [4.78, 5) is 19.2. The largest absolute Gasteiger partial charge is 0.300 e. The molecule has 0 spiro atoms. The van der Waals surface area contributed by atoms with E-state index in [1.165, 1.54) is 11.8 Å². The minimum atomic E-state index is -0.401. The van der Waals surface area contributed by atoms with Crippen molar-refractivity contribution in [2.75, 3.05) is 6.26 Å². The highest BCUT2D eigenvalue weighted by atomic mass is 32.2. The molecule has 1 N–H and O–H groups in total. The smallest absolute Gasteiger partial charge is 0.270 e. The van der Waals surface area contributed by atoms with Crippen LogP contribution in [0.2, 0.25) is 0 Å². The monoisotopic (exact) mass is 307 g/mol. The van der Waals surface area contributed by atoms with Gasteiger partial charge < -0.3 is 4.98 Å². The molecular weight excluding hydrogens is 294 g/mol. The average Bonchev–Trinajstić information content (AvgIpc) is 2.55. The second-order valence-corrected chi connectivity index (χ2v) is 5.68. The van der Waals surface area contributed by atoms with Crippen LogP contribution >= 0.6 is 11.8 Å². The molecule has 0 aliphatic heterocycles. The third-order valence-electron chi connectivity index (χ3n) is 3.60. The van der Waals surface area contributed by atoms with Crippen LogP contribution in [0.25, 0.3) is 22.0 Å². The summed E-state index contributed by atoms with van der Waals surface area (Å²) in [6.45, 7) is 2.04. The number of thioether (sulfide) groups is 1. The van der Waals surface area contributed by atoms with Gasteiger partial charge in [-0.25, -0.2) is 4.98 Å². The van der Waals surface area contributed by atoms with Crippen molar-refractivity contribution in [3.8, 4) is 17.3 Å². The van der Waals surface area contributed by atoms with Crippen molar-refractivity contribution >= 4 is 22.5 Å². The van der Waals surface area contributed by atoms with Crippen LogP contribution in [0.15, 0.2) is 46.3 Å². The first-order valence-electron chi connectivity index (χ1n) is 6.73. The van der Waals surface area contributed by atoms with E-state index in [0.29, 0.717) is 10.9 Å². The fourth-order valence-corrected chi connectivity index (χ4v) is 2.88. The van der Waals surface area contributed by atoms with Gasteiger partial charge in [-0.1, -0.05) is 48.2 Å². The van der Waals surface area contributed by atoms with E-state index in [2.05, 4.69) is 9.97 Å². The van der Waals surface area contributed by atoms with E-state index in [-0.39, 0.29) is 5.56 Å². The van der Waals surface area contributed by atoms with Crippen LogP contribution < -0.4 is 5.56 Å². The molecule has 0 aliphatic rings. The molecule has 0 bridgehead atoms. The summed E-state index contributed by atoms with van der Waals surface area (Å²) < 4.78 is 0. The fourth-order valence-electron chi connectivity index (χ4n) is 2.50. The number of hydrogen-bond acceptors (Lipinski definition) is 4. The molecule has 0 saturated heterocycles. The molecule has 0 radical (unpaired) electrons. The second-order valence-electron chi connectivity index (χ2n) is 4.89. The van der Waals surface area contributed by atoms with Gasteiger partial charge in [0.2, 0.25) is 0 Å². The van der Waals surface area contributed by atoms with Crippen molar-refractivity contribution in [3.05, 3.63) is 57.9 Å². The minimum Gasteiger partial charge on any atom is -0.300 e. The second kappa shape index (κ2) is 5.66. The molecule has 4 nitrogen and oxygen atoms in total. The molecule has 0 aliphatic carbocycles. The summed E-state index contributed by atoms with van der Waals surface area (Å²) in [6.07, 6.45) is 1.83. The topological polar surface area (TPSA) is 69.5 Å². The molecular formula is C17H13N3OS. The number of aromatic amines is 1. The molecule has 22 heavy (non-hydrogen) atoms. The molecule has 0 unspecified atom stereocenters. The Morgan fingerprint density at radius 2 is 1.91 bits per heavy atom. The van der Waals surface area contributed by atoms with Gasteiger partial charge >= 0.3 is 0 Å². The lowest BCUT2D eigenvalue weighted by molar-refractivity contribution is 0.938. The standard InChI is InChI=1S/C17H13N3OS/c1-10-7-8-13(12-6-4-3-5-11(10)12)15-14(9-18)16(21)20-17(19-15)22-2/h3-8H,1-2H3,(H,19,20,21). The van der Waals surface area contributed by atoms with Crippen LogP contribution in [0.4, 0.5) is 0 Å². The quantitative estimate of drug-likeness (QED) is 0.581. The molecule has 0 atom stereocenters. The van der Waals surface area contributed by atoms with Gasteiger partial charge in [-0.15, -0.1) is 0 Å². The maximum absolute atomic E-state index is 12.1. The van der Waals surface area contributed by atoms with Crippen LogP contribution in [0, 0.1) is 18.3 Å². The van der Waals surface area contributed by atoms with Gasteiger partial charge in [0.05, 0.1) is 5.69 Å². The Labute approximate surface area is 131 Å². The number of benzene rings is 2. The lowest BCUT2D eigenvalue weighted by Gasteiger charge is -2.10. The summed E-state index contributed by atoms with van der Waals surface area (Å²) in [6, 6.07) is 13.8. The zero-order valence-electron chi connectivity index (χ0n) is 12.2. The van der Waals surface area contributed by atoms with Gasteiger partial charge in [0.1, 0.15) is 11.6 Å². The lowest BCUT2D eigenvalue weighted by atomic mass is 9.97. The van der Waals surface area contributed by atoms with Crippen LogP contribution in [0.3, 0.4) is 0 Å². The van der Waals surface area contributed by atoms with Crippen molar-refractivity contribution in [1.82, 2.24) is 9.97 Å². The van der Waals surface area contributed by atoms with E-state index < -0.39 is 5.56 Å². The summed E-state index contributed by atoms with van der Waals surface area (Å²) in [5, 5.41) is 11.9. The Morgan fingerprint density at radius 1 is 1.18 bits per heavy atom. The lowest BCUT2D eigenvalue weighted by Crippen LogP contribution is -2.14. The van der Waals surface area contributed by atoms with Crippen molar-refractivity contribution in [3.63, 3.8) is 0 Å². The Bertz CT molecular complexity index is 970. The first-order valence-corrected chi connectivity index (χ1v) is 7.95. The van der Waals surface area contributed by atoms with E-state index >= 15 is 0 Å². The Hall–Kier alpha value is -2.58. The molecule has 1 aromatic heterocycles. The Morgan fingerprint density at radius 3 is 2.59 bits per heavy atom. The number of aryl methyl sites for hydroxylation is 1. The van der Waals surface area contributed by atoms with Gasteiger partial charge in [-0.05, 0) is 29.5 Å². The third kappa shape index (κ3) is 2.28. The Kier molecular flexibility index (Phi) is 3.70. The highest BCUT2D eigenvalue weighted by Gasteiger charge is 2.15. The molecule has 108 valence electrons. The van der Waals surface area contributed by atoms with Crippen LogP contribution in [0.1, 0.15) is 11.1 Å². The number of fused-ring (bicyclic) bond motifs is 1. The van der Waals surface area contributed by atoms with Crippen LogP contribution in [-0.4, -0.2) is 16.2 Å². The number of aromatic nitrogens is 2. The fraction of sp³-hybridized carbons (Fsp3) is 0.118. The zero-order valence-corrected chi connectivity index (χ0v) is 13.0. The zero-order chi connectivity index (χ0) is 15.7. The summed E-state index contributed by atoms with van der Waals surface area (Å²) in [7, 11) is 0. The van der Waals surface area contributed by atoms with Gasteiger partial charge in [-0.2, -0.15) is 5.26 Å². The number of hydrogen-bond donors (Lipinski definition) is 1. The molecule has 2 aromatic carbocycles. The van der Waals surface area contributed by atoms with Gasteiger partial charge in [-0.3, -0.25) is 4.79 Å². The van der Waals surface area contributed by atoms with Gasteiger partial charge in [0, 0.05) is 5.56 Å². The van der Waals surface area contributed by atoms with E-state index in [1.807, 2.05) is 55.6 Å². The first kappa shape index (κ1) is 14.4. The van der Waals surface area contributed by atoms with E-state index in [0.717, 1.165) is 21.9 Å². The summed E-state index contributed by atoms with van der Waals surface area (Å²) >= 11 is 1.34.